The molecule has 0 saturated carbocycles. The Labute approximate surface area is 89.5 Å². The minimum atomic E-state index is -0.241. The summed E-state index contributed by atoms with van der Waals surface area (Å²) < 4.78 is 5.08. The smallest absolute Gasteiger partial charge is 0.343 e. The monoisotopic (exact) mass is 204 g/mol. The van der Waals surface area contributed by atoms with Crippen molar-refractivity contribution in [1.82, 2.24) is 0 Å². The van der Waals surface area contributed by atoms with Gasteiger partial charge in [-0.3, -0.25) is 0 Å². The van der Waals surface area contributed by atoms with Gasteiger partial charge >= 0.3 is 5.63 Å². The second kappa shape index (κ2) is 5.35. The molecule has 2 aromatic rings. The number of fused-ring (bicyclic) bond motifs is 1. The van der Waals surface area contributed by atoms with E-state index < -0.39 is 0 Å². The van der Waals surface area contributed by atoms with Crippen molar-refractivity contribution in [1.29, 1.82) is 0 Å². The van der Waals surface area contributed by atoms with E-state index in [0.29, 0.717) is 5.39 Å². The van der Waals surface area contributed by atoms with Gasteiger partial charge < -0.3 is 4.42 Å². The molecule has 0 aliphatic rings. The van der Waals surface area contributed by atoms with Crippen LogP contribution in [0.2, 0.25) is 0 Å². The van der Waals surface area contributed by atoms with Crippen LogP contribution in [0.15, 0.2) is 39.5 Å². The zero-order valence-electron chi connectivity index (χ0n) is 9.41. The van der Waals surface area contributed by atoms with Gasteiger partial charge in [0.05, 0.1) is 5.39 Å². The van der Waals surface area contributed by atoms with Gasteiger partial charge in [-0.25, -0.2) is 4.79 Å². The van der Waals surface area contributed by atoms with Crippen LogP contribution < -0.4 is 5.63 Å². The maximum absolute atomic E-state index is 11.4. The summed E-state index contributed by atoms with van der Waals surface area (Å²) in [7, 11) is 0. The fourth-order valence-corrected chi connectivity index (χ4v) is 1.36. The first-order valence-corrected chi connectivity index (χ1v) is 5.33. The molecule has 2 rings (SSSR count). The van der Waals surface area contributed by atoms with E-state index in [-0.39, 0.29) is 5.63 Å². The Balaban J connectivity index is 0.000000531. The van der Waals surface area contributed by atoms with E-state index in [4.69, 9.17) is 4.42 Å². The van der Waals surface area contributed by atoms with E-state index in [1.807, 2.05) is 45.0 Å². The van der Waals surface area contributed by atoms with E-state index in [9.17, 15) is 4.79 Å². The Bertz CT molecular complexity index is 483. The molecular weight excluding hydrogens is 188 g/mol. The van der Waals surface area contributed by atoms with Crippen LogP contribution in [0.3, 0.4) is 0 Å². The highest BCUT2D eigenvalue weighted by molar-refractivity contribution is 5.81. The normalized spacial score (nSPS) is 9.53. The fraction of sp³-hybridized carbons (Fsp3) is 0.308. The molecule has 0 aliphatic heterocycles. The minimum absolute atomic E-state index is 0.241. The Morgan fingerprint density at radius 1 is 1.20 bits per heavy atom. The summed E-state index contributed by atoms with van der Waals surface area (Å²) in [5.74, 6) is 0.740. The lowest BCUT2D eigenvalue weighted by atomic mass is 10.1. The third-order valence-electron chi connectivity index (χ3n) is 2.07. The highest BCUT2D eigenvalue weighted by Crippen LogP contribution is 2.11. The Morgan fingerprint density at radius 3 is 2.53 bits per heavy atom. The van der Waals surface area contributed by atoms with Gasteiger partial charge in [0.25, 0.3) is 0 Å². The summed E-state index contributed by atoms with van der Waals surface area (Å²) >= 11 is 0. The molecule has 0 bridgehead atoms. The largest absolute Gasteiger partial charge is 0.427 e. The zero-order valence-corrected chi connectivity index (χ0v) is 9.41. The summed E-state index contributed by atoms with van der Waals surface area (Å²) in [5, 5.41) is 1.61. The molecule has 0 amide bonds. The van der Waals surface area contributed by atoms with E-state index in [1.54, 1.807) is 6.07 Å². The molecule has 0 unspecified atom stereocenters. The number of aryl methyl sites for hydroxylation is 1. The van der Waals surface area contributed by atoms with Crippen LogP contribution in [0.1, 0.15) is 26.5 Å². The quantitative estimate of drug-likeness (QED) is 0.712. The highest BCUT2D eigenvalue weighted by Gasteiger charge is 2.00. The Kier molecular flexibility index (Phi) is 4.10. The van der Waals surface area contributed by atoms with Crippen molar-refractivity contribution in [2.45, 2.75) is 27.2 Å². The van der Waals surface area contributed by atoms with Gasteiger partial charge in [-0.2, -0.15) is 0 Å². The zero-order chi connectivity index (χ0) is 11.3. The van der Waals surface area contributed by atoms with Crippen molar-refractivity contribution < 1.29 is 4.42 Å². The van der Waals surface area contributed by atoms with Crippen molar-refractivity contribution in [2.75, 3.05) is 0 Å². The minimum Gasteiger partial charge on any atom is -0.427 e. The fourth-order valence-electron chi connectivity index (χ4n) is 1.36. The summed E-state index contributed by atoms with van der Waals surface area (Å²) in [6, 6.07) is 9.37. The van der Waals surface area contributed by atoms with Crippen molar-refractivity contribution in [3.8, 4) is 0 Å². The number of hydrogen-bond donors (Lipinski definition) is 0. The second-order valence-electron chi connectivity index (χ2n) is 2.94. The summed E-state index contributed by atoms with van der Waals surface area (Å²) in [6.45, 7) is 5.97. The van der Waals surface area contributed by atoms with Crippen molar-refractivity contribution in [2.24, 2.45) is 0 Å². The van der Waals surface area contributed by atoms with Crippen LogP contribution >= 0.6 is 0 Å². The molecular formula is C13H16O2. The van der Waals surface area contributed by atoms with Crippen molar-refractivity contribution in [3.05, 3.63) is 46.5 Å². The van der Waals surface area contributed by atoms with Gasteiger partial charge in [0.1, 0.15) is 5.76 Å². The summed E-state index contributed by atoms with van der Waals surface area (Å²) in [5.41, 5.74) is -0.241. The molecule has 0 N–H and O–H groups in total. The van der Waals surface area contributed by atoms with Crippen molar-refractivity contribution in [3.63, 3.8) is 0 Å². The first kappa shape index (κ1) is 11.5. The number of rotatable bonds is 1. The van der Waals surface area contributed by atoms with E-state index in [1.165, 1.54) is 0 Å². The summed E-state index contributed by atoms with van der Waals surface area (Å²) in [6.07, 6.45) is 0.750. The van der Waals surface area contributed by atoms with Gasteiger partial charge in [0.15, 0.2) is 0 Å². The topological polar surface area (TPSA) is 30.2 Å². The third-order valence-corrected chi connectivity index (χ3v) is 2.07. The van der Waals surface area contributed by atoms with Gasteiger partial charge in [0.2, 0.25) is 0 Å². The van der Waals surface area contributed by atoms with Crippen LogP contribution in [0.25, 0.3) is 10.8 Å². The average molecular weight is 204 g/mol. The van der Waals surface area contributed by atoms with Crippen LogP contribution in [-0.4, -0.2) is 0 Å². The molecule has 2 heteroatoms. The van der Waals surface area contributed by atoms with Gasteiger partial charge in [-0.15, -0.1) is 0 Å². The van der Waals surface area contributed by atoms with E-state index in [0.717, 1.165) is 17.6 Å². The molecule has 0 atom stereocenters. The maximum Gasteiger partial charge on any atom is 0.343 e. The van der Waals surface area contributed by atoms with Gasteiger partial charge in [-0.1, -0.05) is 39.0 Å². The molecule has 0 saturated heterocycles. The van der Waals surface area contributed by atoms with E-state index >= 15 is 0 Å². The lowest BCUT2D eigenvalue weighted by Gasteiger charge is -1.98. The Hall–Kier alpha value is -1.57. The van der Waals surface area contributed by atoms with Crippen LogP contribution in [0.5, 0.6) is 0 Å². The van der Waals surface area contributed by atoms with Crippen molar-refractivity contribution >= 4 is 10.8 Å². The average Bonchev–Trinajstić information content (AvgIpc) is 2.31. The Morgan fingerprint density at radius 2 is 1.87 bits per heavy atom. The third kappa shape index (κ3) is 2.46. The molecule has 1 heterocycles. The molecule has 1 aromatic carbocycles. The maximum atomic E-state index is 11.4. The van der Waals surface area contributed by atoms with E-state index in [2.05, 4.69) is 0 Å². The predicted octanol–water partition coefficient (Wildman–Crippen LogP) is 3.38. The molecule has 15 heavy (non-hydrogen) atoms. The van der Waals surface area contributed by atoms with Gasteiger partial charge in [0, 0.05) is 6.42 Å². The standard InChI is InChI=1S/C11H10O2.C2H6/c1-2-9-7-8-5-3-4-6-10(8)11(12)13-9;1-2/h3-7H,2H2,1H3;1-2H3. The molecule has 80 valence electrons. The first-order chi connectivity index (χ1) is 7.31. The van der Waals surface area contributed by atoms with Crippen LogP contribution in [-0.2, 0) is 6.42 Å². The first-order valence-electron chi connectivity index (χ1n) is 5.33. The molecule has 0 spiro atoms. The second-order valence-corrected chi connectivity index (χ2v) is 2.94. The van der Waals surface area contributed by atoms with Crippen LogP contribution in [0.4, 0.5) is 0 Å². The number of benzene rings is 1. The molecule has 0 aliphatic carbocycles. The summed E-state index contributed by atoms with van der Waals surface area (Å²) in [4.78, 5) is 11.4. The lowest BCUT2D eigenvalue weighted by molar-refractivity contribution is 0.472. The molecule has 2 nitrogen and oxygen atoms in total. The predicted molar refractivity (Wildman–Crippen MR) is 63.2 cm³/mol. The highest BCUT2D eigenvalue weighted by atomic mass is 16.4. The number of hydrogen-bond acceptors (Lipinski definition) is 2. The van der Waals surface area contributed by atoms with Gasteiger partial charge in [-0.05, 0) is 17.5 Å². The van der Waals surface area contributed by atoms with Crippen LogP contribution in [0, 0.1) is 0 Å². The molecule has 0 radical (unpaired) electrons. The molecule has 1 aromatic heterocycles. The lowest BCUT2D eigenvalue weighted by Crippen LogP contribution is -2.00. The molecule has 0 fully saturated rings. The SMILES string of the molecule is CC.CCc1cc2ccccc2c(=O)o1.